The molecule has 0 aliphatic carbocycles. The van der Waals surface area contributed by atoms with Crippen LogP contribution < -0.4 is 9.62 Å². The van der Waals surface area contributed by atoms with Gasteiger partial charge in [0.2, 0.25) is 0 Å². The number of anilines is 1. The first-order valence-electron chi connectivity index (χ1n) is 15.4. The molecule has 0 saturated heterocycles. The number of hydrogen-bond acceptors (Lipinski definition) is 6. The Labute approximate surface area is 279 Å². The summed E-state index contributed by atoms with van der Waals surface area (Å²) in [6, 6.07) is 24.3. The van der Waals surface area contributed by atoms with E-state index < -0.39 is 20.9 Å². The molecule has 0 saturated carbocycles. The number of fused-ring (bicyclic) bond motifs is 1. The lowest BCUT2D eigenvalue weighted by molar-refractivity contribution is -0.384. The fourth-order valence-corrected chi connectivity index (χ4v) is 7.09. The Balaban J connectivity index is 1.38. The summed E-state index contributed by atoms with van der Waals surface area (Å²) in [5.41, 5.74) is 3.32. The molecule has 0 atom stereocenters. The van der Waals surface area contributed by atoms with Crippen molar-refractivity contribution in [2.75, 3.05) is 18.0 Å². The number of aryl methyl sites for hydroxylation is 1. The van der Waals surface area contributed by atoms with Gasteiger partial charge in [-0.05, 0) is 54.2 Å². The molecule has 0 radical (unpaired) electrons. The van der Waals surface area contributed by atoms with Crippen LogP contribution in [0.25, 0.3) is 11.1 Å². The fraction of sp³-hybridized carbons (Fsp3) is 0.257. The normalized spacial score (nSPS) is 12.7. The first-order chi connectivity index (χ1) is 22.6. The number of sulfonamides is 1. The second-order valence-corrected chi connectivity index (χ2v) is 13.4. The summed E-state index contributed by atoms with van der Waals surface area (Å²) in [4.78, 5) is 41.1. The van der Waals surface area contributed by atoms with Crippen molar-refractivity contribution in [1.29, 1.82) is 0 Å². The number of rotatable bonds is 11. The van der Waals surface area contributed by atoms with E-state index in [9.17, 15) is 28.1 Å². The van der Waals surface area contributed by atoms with E-state index in [1.165, 1.54) is 30.3 Å². The Morgan fingerprint density at radius 1 is 0.979 bits per heavy atom. The molecule has 0 aromatic heterocycles. The molecule has 1 heterocycles. The van der Waals surface area contributed by atoms with Crippen molar-refractivity contribution in [3.05, 3.63) is 123 Å². The lowest BCUT2D eigenvalue weighted by atomic mass is 10.0. The molecule has 4 aromatic rings. The largest absolute Gasteiger partial charge is 0.324 e. The summed E-state index contributed by atoms with van der Waals surface area (Å²) in [5, 5.41) is 11.6. The number of carbonyl (C=O) groups excluding carboxylic acids is 2. The average Bonchev–Trinajstić information content (AvgIpc) is 3.07. The highest BCUT2D eigenvalue weighted by atomic mass is 35.5. The van der Waals surface area contributed by atoms with E-state index in [0.717, 1.165) is 43.2 Å². The number of nitrogens with one attached hydrogen (secondary N) is 1. The van der Waals surface area contributed by atoms with Crippen LogP contribution in [0.15, 0.2) is 95.9 Å². The number of non-ortho nitro benzene ring substituents is 1. The predicted octanol–water partition coefficient (Wildman–Crippen LogP) is 7.60. The second-order valence-electron chi connectivity index (χ2n) is 11.3. The van der Waals surface area contributed by atoms with Crippen LogP contribution in [0.2, 0.25) is 5.02 Å². The van der Waals surface area contributed by atoms with Gasteiger partial charge in [-0.1, -0.05) is 92.0 Å². The SMILES string of the molecule is CCCCCN(Cc1ccc(-c2ccccc2S(=O)(=O)NC(=O)c2ccccc2Cl)cc1)C(=O)N1CCCc2ccc([N+](=O)[O-])cc21. The molecule has 0 bridgehead atoms. The van der Waals surface area contributed by atoms with Crippen molar-refractivity contribution < 1.29 is 22.9 Å². The third-order valence-corrected chi connectivity index (χ3v) is 9.81. The second kappa shape index (κ2) is 14.8. The van der Waals surface area contributed by atoms with Gasteiger partial charge in [0.15, 0.2) is 0 Å². The Morgan fingerprint density at radius 3 is 2.43 bits per heavy atom. The van der Waals surface area contributed by atoms with Crippen LogP contribution in [0.1, 0.15) is 54.1 Å². The number of urea groups is 1. The third kappa shape index (κ3) is 7.81. The quantitative estimate of drug-likeness (QED) is 0.0991. The Bertz CT molecular complexity index is 1900. The van der Waals surface area contributed by atoms with E-state index >= 15 is 0 Å². The fourth-order valence-electron chi connectivity index (χ4n) is 5.67. The highest BCUT2D eigenvalue weighted by molar-refractivity contribution is 7.90. The minimum absolute atomic E-state index is 0.0453. The molecular formula is C35H35ClN4O6S. The van der Waals surface area contributed by atoms with Crippen LogP contribution in [-0.2, 0) is 23.0 Å². The number of unbranched alkanes of at least 4 members (excludes halogenated alkanes) is 2. The molecule has 0 fully saturated rings. The van der Waals surface area contributed by atoms with Crippen LogP contribution in [0.3, 0.4) is 0 Å². The molecule has 1 aliphatic heterocycles. The third-order valence-electron chi connectivity index (χ3n) is 8.09. The van der Waals surface area contributed by atoms with Crippen LogP contribution in [0, 0.1) is 10.1 Å². The summed E-state index contributed by atoms with van der Waals surface area (Å²) in [5.74, 6) is -0.834. The van der Waals surface area contributed by atoms with Gasteiger partial charge in [0.25, 0.3) is 21.6 Å². The number of benzene rings is 4. The Morgan fingerprint density at radius 2 is 1.70 bits per heavy atom. The van der Waals surface area contributed by atoms with Crippen molar-refractivity contribution in [1.82, 2.24) is 9.62 Å². The summed E-state index contributed by atoms with van der Waals surface area (Å²) in [6.45, 7) is 3.37. The molecule has 10 nitrogen and oxygen atoms in total. The van der Waals surface area contributed by atoms with Crippen molar-refractivity contribution >= 4 is 44.9 Å². The molecule has 0 unspecified atom stereocenters. The smallest absolute Gasteiger partial charge is 0.320 e. The van der Waals surface area contributed by atoms with Crippen molar-refractivity contribution in [2.45, 2.75) is 50.5 Å². The highest BCUT2D eigenvalue weighted by Gasteiger charge is 2.29. The van der Waals surface area contributed by atoms with E-state index in [4.69, 9.17) is 11.6 Å². The molecule has 5 rings (SSSR count). The van der Waals surface area contributed by atoms with Gasteiger partial charge in [-0.15, -0.1) is 0 Å². The van der Waals surface area contributed by atoms with Crippen LogP contribution in [0.5, 0.6) is 0 Å². The summed E-state index contributed by atoms with van der Waals surface area (Å²) in [6.07, 6.45) is 4.24. The first-order valence-corrected chi connectivity index (χ1v) is 17.3. The van der Waals surface area contributed by atoms with E-state index in [1.54, 1.807) is 58.3 Å². The molecule has 1 aliphatic rings. The molecule has 3 amide bonds. The molecular weight excluding hydrogens is 640 g/mol. The summed E-state index contributed by atoms with van der Waals surface area (Å²) < 4.78 is 28.9. The average molecular weight is 675 g/mol. The minimum atomic E-state index is -4.26. The number of hydrogen-bond donors (Lipinski definition) is 1. The summed E-state index contributed by atoms with van der Waals surface area (Å²) >= 11 is 6.10. The molecule has 244 valence electrons. The van der Waals surface area contributed by atoms with Crippen molar-refractivity contribution in [3.8, 4) is 11.1 Å². The lowest BCUT2D eigenvalue weighted by Gasteiger charge is -2.34. The maximum Gasteiger partial charge on any atom is 0.324 e. The summed E-state index contributed by atoms with van der Waals surface area (Å²) in [7, 11) is -4.26. The van der Waals surface area contributed by atoms with Gasteiger partial charge in [-0.3, -0.25) is 19.8 Å². The first kappa shape index (κ1) is 33.6. The van der Waals surface area contributed by atoms with Crippen LogP contribution >= 0.6 is 11.6 Å². The zero-order valence-corrected chi connectivity index (χ0v) is 27.5. The number of nitro groups is 1. The van der Waals surface area contributed by atoms with E-state index in [0.29, 0.717) is 36.4 Å². The number of nitrogens with zero attached hydrogens (tertiary/aromatic N) is 3. The van der Waals surface area contributed by atoms with Gasteiger partial charge in [-0.25, -0.2) is 17.9 Å². The number of carbonyl (C=O) groups is 2. The van der Waals surface area contributed by atoms with Gasteiger partial charge < -0.3 is 4.90 Å². The zero-order valence-electron chi connectivity index (χ0n) is 25.9. The topological polar surface area (TPSA) is 130 Å². The Hall–Kier alpha value is -4.74. The van der Waals surface area contributed by atoms with Crippen LogP contribution in [-0.4, -0.2) is 43.3 Å². The number of amides is 3. The lowest BCUT2D eigenvalue weighted by Crippen LogP contribution is -2.45. The van der Waals surface area contributed by atoms with Crippen LogP contribution in [0.4, 0.5) is 16.2 Å². The maximum absolute atomic E-state index is 14.0. The maximum atomic E-state index is 14.0. The molecule has 12 heteroatoms. The number of nitro benzene ring substituents is 1. The van der Waals surface area contributed by atoms with Gasteiger partial charge in [-0.2, -0.15) is 0 Å². The molecule has 1 N–H and O–H groups in total. The Kier molecular flexibility index (Phi) is 10.6. The van der Waals surface area contributed by atoms with E-state index in [2.05, 4.69) is 11.6 Å². The molecule has 0 spiro atoms. The molecule has 4 aromatic carbocycles. The molecule has 47 heavy (non-hydrogen) atoms. The number of halogens is 1. The monoisotopic (exact) mass is 674 g/mol. The standard InChI is InChI=1S/C35H35ClN4O6S/c1-2-3-8-21-38(35(42)39-22-9-10-27-19-20-28(40(43)44)23-32(27)39)24-25-15-17-26(18-16-25)29-11-5-7-14-33(29)47(45,46)37-34(41)30-12-4-6-13-31(30)36/h4-7,11-20,23H,2-3,8-10,21-22,24H2,1H3,(H,37,41). The highest BCUT2D eigenvalue weighted by Crippen LogP contribution is 2.33. The van der Waals surface area contributed by atoms with Gasteiger partial charge in [0.05, 0.1) is 26.1 Å². The van der Waals surface area contributed by atoms with Gasteiger partial charge >= 0.3 is 6.03 Å². The minimum Gasteiger partial charge on any atom is -0.320 e. The van der Waals surface area contributed by atoms with Crippen molar-refractivity contribution in [2.24, 2.45) is 0 Å². The van der Waals surface area contributed by atoms with E-state index in [-0.39, 0.29) is 27.2 Å². The van der Waals surface area contributed by atoms with E-state index in [1.807, 2.05) is 12.1 Å². The van der Waals surface area contributed by atoms with Crippen molar-refractivity contribution in [3.63, 3.8) is 0 Å². The zero-order chi connectivity index (χ0) is 33.6. The van der Waals surface area contributed by atoms with Gasteiger partial charge in [0, 0.05) is 37.3 Å². The predicted molar refractivity (Wildman–Crippen MR) is 182 cm³/mol. The van der Waals surface area contributed by atoms with Gasteiger partial charge in [0.1, 0.15) is 0 Å².